The molecular weight excluding hydrogens is 308 g/mol. The minimum Gasteiger partial charge on any atom is -0.493 e. The number of hydrogen-bond acceptors (Lipinski definition) is 4. The molecule has 0 bridgehead atoms. The lowest BCUT2D eigenvalue weighted by Crippen LogP contribution is -2.48. The van der Waals surface area contributed by atoms with Crippen LogP contribution in [0.3, 0.4) is 0 Å². The van der Waals surface area contributed by atoms with Gasteiger partial charge in [-0.3, -0.25) is 9.59 Å². The average Bonchev–Trinajstić information content (AvgIpc) is 2.61. The van der Waals surface area contributed by atoms with Gasteiger partial charge in [-0.2, -0.15) is 0 Å². The third-order valence-electron chi connectivity index (χ3n) is 3.96. The van der Waals surface area contributed by atoms with Crippen LogP contribution in [-0.2, 0) is 11.2 Å². The molecule has 0 saturated heterocycles. The number of methoxy groups -OCH3 is 2. The highest BCUT2D eigenvalue weighted by atomic mass is 16.5. The molecule has 1 unspecified atom stereocenters. The van der Waals surface area contributed by atoms with Crippen LogP contribution in [0, 0.1) is 0 Å². The molecule has 6 nitrogen and oxygen atoms in total. The van der Waals surface area contributed by atoms with Gasteiger partial charge in [0.15, 0.2) is 11.5 Å². The van der Waals surface area contributed by atoms with Crippen molar-refractivity contribution in [2.75, 3.05) is 19.5 Å². The molecule has 0 fully saturated rings. The van der Waals surface area contributed by atoms with E-state index in [0.29, 0.717) is 29.2 Å². The number of nitrogens with one attached hydrogen (secondary N) is 2. The summed E-state index contributed by atoms with van der Waals surface area (Å²) < 4.78 is 10.4. The first-order chi connectivity index (χ1) is 11.6. The van der Waals surface area contributed by atoms with E-state index in [0.717, 1.165) is 5.56 Å². The van der Waals surface area contributed by atoms with Gasteiger partial charge in [0.2, 0.25) is 5.91 Å². The molecule has 2 N–H and O–H groups in total. The Hall–Kier alpha value is -3.02. The van der Waals surface area contributed by atoms with Crippen LogP contribution in [-0.4, -0.2) is 32.1 Å². The second-order valence-corrected chi connectivity index (χ2v) is 5.45. The number of carbonyl (C=O) groups is 2. The molecule has 1 aliphatic rings. The van der Waals surface area contributed by atoms with Crippen molar-refractivity contribution in [3.63, 3.8) is 0 Å². The zero-order valence-electron chi connectivity index (χ0n) is 13.5. The van der Waals surface area contributed by atoms with E-state index in [2.05, 4.69) is 10.6 Å². The summed E-state index contributed by atoms with van der Waals surface area (Å²) in [6.07, 6.45) is 0.459. The van der Waals surface area contributed by atoms with E-state index in [9.17, 15) is 9.59 Å². The maximum Gasteiger partial charge on any atom is 0.252 e. The minimum atomic E-state index is -0.611. The van der Waals surface area contributed by atoms with Crippen LogP contribution >= 0.6 is 0 Å². The van der Waals surface area contributed by atoms with Crippen LogP contribution in [0.15, 0.2) is 42.5 Å². The first kappa shape index (κ1) is 15.9. The second-order valence-electron chi connectivity index (χ2n) is 5.45. The van der Waals surface area contributed by atoms with Gasteiger partial charge in [-0.1, -0.05) is 18.2 Å². The van der Waals surface area contributed by atoms with Crippen LogP contribution in [0.5, 0.6) is 11.5 Å². The van der Waals surface area contributed by atoms with Crippen LogP contribution in [0.1, 0.15) is 15.9 Å². The number of anilines is 1. The molecule has 0 radical (unpaired) electrons. The van der Waals surface area contributed by atoms with E-state index in [1.54, 1.807) is 31.4 Å². The van der Waals surface area contributed by atoms with E-state index >= 15 is 0 Å². The summed E-state index contributed by atoms with van der Waals surface area (Å²) in [7, 11) is 3.08. The molecule has 2 aromatic rings. The molecule has 2 amide bonds. The third-order valence-corrected chi connectivity index (χ3v) is 3.96. The van der Waals surface area contributed by atoms with Gasteiger partial charge in [0.05, 0.1) is 14.2 Å². The number of amides is 2. The zero-order valence-corrected chi connectivity index (χ0v) is 13.5. The first-order valence-corrected chi connectivity index (χ1v) is 7.54. The van der Waals surface area contributed by atoms with Crippen molar-refractivity contribution in [3.8, 4) is 11.5 Å². The smallest absolute Gasteiger partial charge is 0.252 e. The quantitative estimate of drug-likeness (QED) is 0.901. The zero-order chi connectivity index (χ0) is 17.1. The Morgan fingerprint density at radius 1 is 1.12 bits per heavy atom. The van der Waals surface area contributed by atoms with Crippen LogP contribution in [0.4, 0.5) is 5.69 Å². The van der Waals surface area contributed by atoms with E-state index in [-0.39, 0.29) is 11.8 Å². The molecule has 0 saturated carbocycles. The van der Waals surface area contributed by atoms with Crippen molar-refractivity contribution in [2.24, 2.45) is 0 Å². The monoisotopic (exact) mass is 326 g/mol. The van der Waals surface area contributed by atoms with Crippen molar-refractivity contribution >= 4 is 17.5 Å². The first-order valence-electron chi connectivity index (χ1n) is 7.54. The second kappa shape index (κ2) is 6.62. The molecule has 0 aromatic heterocycles. The van der Waals surface area contributed by atoms with Crippen molar-refractivity contribution in [1.82, 2.24) is 5.32 Å². The van der Waals surface area contributed by atoms with E-state index < -0.39 is 6.04 Å². The van der Waals surface area contributed by atoms with Gasteiger partial charge < -0.3 is 20.1 Å². The summed E-state index contributed by atoms with van der Waals surface area (Å²) in [6.45, 7) is 0. The molecule has 1 heterocycles. The number of ether oxygens (including phenoxy) is 2. The standard InChI is InChI=1S/C18H18N2O4/c1-23-15-8-7-12(10-16(15)24-2)19-18(22)14-9-11-5-3-4-6-13(11)17(21)20-14/h3-8,10,14H,9H2,1-2H3,(H,19,22)(H,20,21). The van der Waals surface area contributed by atoms with E-state index in [4.69, 9.17) is 9.47 Å². The average molecular weight is 326 g/mol. The van der Waals surface area contributed by atoms with Crippen molar-refractivity contribution in [2.45, 2.75) is 12.5 Å². The molecule has 1 aliphatic heterocycles. The van der Waals surface area contributed by atoms with Crippen molar-refractivity contribution in [3.05, 3.63) is 53.6 Å². The normalized spacial score (nSPS) is 15.9. The van der Waals surface area contributed by atoms with Gasteiger partial charge in [-0.05, 0) is 23.8 Å². The molecule has 24 heavy (non-hydrogen) atoms. The van der Waals surface area contributed by atoms with Crippen LogP contribution in [0.2, 0.25) is 0 Å². The molecule has 124 valence electrons. The van der Waals surface area contributed by atoms with Gasteiger partial charge in [0.1, 0.15) is 6.04 Å². The fourth-order valence-corrected chi connectivity index (χ4v) is 2.73. The Bertz CT molecular complexity index is 788. The Morgan fingerprint density at radius 3 is 2.62 bits per heavy atom. The number of carbonyl (C=O) groups excluding carboxylic acids is 2. The number of hydrogen-bond donors (Lipinski definition) is 2. The third kappa shape index (κ3) is 3.03. The number of fused-ring (bicyclic) bond motifs is 1. The summed E-state index contributed by atoms with van der Waals surface area (Å²) in [5.74, 6) is 0.595. The minimum absolute atomic E-state index is 0.232. The van der Waals surface area contributed by atoms with Crippen molar-refractivity contribution < 1.29 is 19.1 Å². The number of rotatable bonds is 4. The molecule has 2 aromatic carbocycles. The maximum atomic E-state index is 12.5. The van der Waals surface area contributed by atoms with Gasteiger partial charge >= 0.3 is 0 Å². The van der Waals surface area contributed by atoms with E-state index in [1.807, 2.05) is 18.2 Å². The topological polar surface area (TPSA) is 76.7 Å². The Balaban J connectivity index is 1.75. The predicted molar refractivity (Wildman–Crippen MR) is 89.6 cm³/mol. The van der Waals surface area contributed by atoms with Crippen LogP contribution < -0.4 is 20.1 Å². The maximum absolute atomic E-state index is 12.5. The predicted octanol–water partition coefficient (Wildman–Crippen LogP) is 2.00. The fourth-order valence-electron chi connectivity index (χ4n) is 2.73. The highest BCUT2D eigenvalue weighted by molar-refractivity contribution is 6.03. The highest BCUT2D eigenvalue weighted by Crippen LogP contribution is 2.30. The van der Waals surface area contributed by atoms with Gasteiger partial charge in [-0.25, -0.2) is 0 Å². The molecular formula is C18H18N2O4. The lowest BCUT2D eigenvalue weighted by atomic mass is 9.95. The van der Waals surface area contributed by atoms with E-state index in [1.165, 1.54) is 7.11 Å². The summed E-state index contributed by atoms with van der Waals surface area (Å²) in [4.78, 5) is 24.6. The van der Waals surface area contributed by atoms with Crippen LogP contribution in [0.25, 0.3) is 0 Å². The summed E-state index contributed by atoms with van der Waals surface area (Å²) in [5.41, 5.74) is 2.06. The van der Waals surface area contributed by atoms with Gasteiger partial charge in [-0.15, -0.1) is 0 Å². The highest BCUT2D eigenvalue weighted by Gasteiger charge is 2.28. The van der Waals surface area contributed by atoms with Crippen molar-refractivity contribution in [1.29, 1.82) is 0 Å². The number of benzene rings is 2. The Kier molecular flexibility index (Phi) is 4.37. The Labute approximate surface area is 139 Å². The van der Waals surface area contributed by atoms with Gasteiger partial charge in [0, 0.05) is 23.7 Å². The SMILES string of the molecule is COc1ccc(NC(=O)C2Cc3ccccc3C(=O)N2)cc1OC. The summed E-state index contributed by atoms with van der Waals surface area (Å²) in [5, 5.41) is 5.54. The Morgan fingerprint density at radius 2 is 1.88 bits per heavy atom. The fraction of sp³-hybridized carbons (Fsp3) is 0.222. The summed E-state index contributed by atoms with van der Waals surface area (Å²) >= 11 is 0. The molecule has 0 aliphatic carbocycles. The molecule has 3 rings (SSSR count). The van der Waals surface area contributed by atoms with Gasteiger partial charge in [0.25, 0.3) is 5.91 Å². The molecule has 0 spiro atoms. The lowest BCUT2D eigenvalue weighted by molar-refractivity contribution is -0.118. The molecule has 1 atom stereocenters. The summed E-state index contributed by atoms with van der Waals surface area (Å²) in [6, 6.07) is 11.8. The molecule has 6 heteroatoms. The largest absolute Gasteiger partial charge is 0.493 e. The lowest BCUT2D eigenvalue weighted by Gasteiger charge is -2.24.